The highest BCUT2D eigenvalue weighted by molar-refractivity contribution is 5.84. The van der Waals surface area contributed by atoms with Crippen molar-refractivity contribution in [3.63, 3.8) is 0 Å². The lowest BCUT2D eigenvalue weighted by Crippen LogP contribution is -2.51. The van der Waals surface area contributed by atoms with Crippen molar-refractivity contribution < 1.29 is 9.59 Å². The summed E-state index contributed by atoms with van der Waals surface area (Å²) in [7, 11) is 0. The van der Waals surface area contributed by atoms with E-state index in [1.54, 1.807) is 18.5 Å². The highest BCUT2D eigenvalue weighted by atomic mass is 16.2. The van der Waals surface area contributed by atoms with Crippen LogP contribution in [-0.4, -0.2) is 41.3 Å². The molecular formula is C24H29N3O2. The van der Waals surface area contributed by atoms with E-state index in [2.05, 4.69) is 35.1 Å². The molecule has 1 aromatic carbocycles. The molecule has 2 heterocycles. The van der Waals surface area contributed by atoms with E-state index in [1.165, 1.54) is 0 Å². The standard InChI is InChI=1S/C24H29N3O2/c1-3-12-26-23(29)24(10-15-27(16-11-24)22(28)4-2)18-19-6-5-7-21(17-19)20-8-13-25-14-9-20/h3,5-9,13-14,17H,1,4,10-12,15-16,18H2,2H3,(H,26,29). The molecule has 2 amide bonds. The summed E-state index contributed by atoms with van der Waals surface area (Å²) in [5.41, 5.74) is 2.84. The van der Waals surface area contributed by atoms with Gasteiger partial charge in [-0.1, -0.05) is 37.3 Å². The number of piperidine rings is 1. The van der Waals surface area contributed by atoms with Crippen LogP contribution in [0.25, 0.3) is 11.1 Å². The van der Waals surface area contributed by atoms with Gasteiger partial charge in [0.2, 0.25) is 11.8 Å². The van der Waals surface area contributed by atoms with E-state index >= 15 is 0 Å². The number of rotatable bonds is 7. The average Bonchev–Trinajstić information content (AvgIpc) is 2.78. The Balaban J connectivity index is 1.83. The largest absolute Gasteiger partial charge is 0.352 e. The normalized spacial score (nSPS) is 15.6. The van der Waals surface area contributed by atoms with Gasteiger partial charge in [-0.3, -0.25) is 14.6 Å². The van der Waals surface area contributed by atoms with Crippen LogP contribution in [0.2, 0.25) is 0 Å². The van der Waals surface area contributed by atoms with E-state index in [0.29, 0.717) is 45.3 Å². The third kappa shape index (κ3) is 4.91. The summed E-state index contributed by atoms with van der Waals surface area (Å²) in [4.78, 5) is 31.2. The summed E-state index contributed by atoms with van der Waals surface area (Å²) in [5.74, 6) is 0.208. The molecule has 0 atom stereocenters. The van der Waals surface area contributed by atoms with Gasteiger partial charge >= 0.3 is 0 Å². The van der Waals surface area contributed by atoms with Gasteiger partial charge in [-0.25, -0.2) is 0 Å². The molecule has 1 saturated heterocycles. The number of aromatic nitrogens is 1. The second kappa shape index (κ2) is 9.50. The number of pyridine rings is 1. The summed E-state index contributed by atoms with van der Waals surface area (Å²) < 4.78 is 0. The van der Waals surface area contributed by atoms with Crippen LogP contribution >= 0.6 is 0 Å². The number of nitrogens with zero attached hydrogens (tertiary/aromatic N) is 2. The smallest absolute Gasteiger partial charge is 0.226 e. The molecule has 0 saturated carbocycles. The molecule has 1 aromatic heterocycles. The van der Waals surface area contributed by atoms with Gasteiger partial charge in [0.05, 0.1) is 5.41 Å². The topological polar surface area (TPSA) is 62.3 Å². The molecule has 1 aliphatic rings. The minimum absolute atomic E-state index is 0.0512. The summed E-state index contributed by atoms with van der Waals surface area (Å²) in [6, 6.07) is 12.3. The number of benzene rings is 1. The van der Waals surface area contributed by atoms with Gasteiger partial charge in [0.15, 0.2) is 0 Å². The molecule has 1 N–H and O–H groups in total. The highest BCUT2D eigenvalue weighted by Gasteiger charge is 2.41. The molecule has 5 nitrogen and oxygen atoms in total. The van der Waals surface area contributed by atoms with E-state index in [-0.39, 0.29) is 11.8 Å². The number of amides is 2. The monoisotopic (exact) mass is 391 g/mol. The third-order valence-electron chi connectivity index (χ3n) is 5.75. The Morgan fingerprint density at radius 3 is 2.55 bits per heavy atom. The third-order valence-corrected chi connectivity index (χ3v) is 5.75. The van der Waals surface area contributed by atoms with E-state index in [0.717, 1.165) is 16.7 Å². The molecule has 5 heteroatoms. The molecule has 0 unspecified atom stereocenters. The first-order valence-corrected chi connectivity index (χ1v) is 10.2. The first kappa shape index (κ1) is 20.8. The number of carbonyl (C=O) groups excluding carboxylic acids is 2. The van der Waals surface area contributed by atoms with Crippen molar-refractivity contribution in [3.05, 3.63) is 67.0 Å². The van der Waals surface area contributed by atoms with Gasteiger partial charge in [0.1, 0.15) is 0 Å². The van der Waals surface area contributed by atoms with E-state index in [4.69, 9.17) is 0 Å². The Morgan fingerprint density at radius 1 is 1.17 bits per heavy atom. The lowest BCUT2D eigenvalue weighted by molar-refractivity contribution is -0.140. The van der Waals surface area contributed by atoms with Crippen molar-refractivity contribution in [1.82, 2.24) is 15.2 Å². The summed E-state index contributed by atoms with van der Waals surface area (Å²) >= 11 is 0. The van der Waals surface area contributed by atoms with Crippen molar-refractivity contribution in [2.24, 2.45) is 5.41 Å². The van der Waals surface area contributed by atoms with Gasteiger partial charge in [-0.05, 0) is 48.1 Å². The number of hydrogen-bond donors (Lipinski definition) is 1. The fourth-order valence-corrected chi connectivity index (χ4v) is 4.04. The number of carbonyl (C=O) groups is 2. The Labute approximate surface area is 172 Å². The quantitative estimate of drug-likeness (QED) is 0.734. The Hall–Kier alpha value is -2.95. The molecule has 3 rings (SSSR count). The SMILES string of the molecule is C=CCNC(=O)C1(Cc2cccc(-c3ccncc3)c2)CCN(C(=O)CC)CC1. The van der Waals surface area contributed by atoms with Crippen LogP contribution < -0.4 is 5.32 Å². The number of nitrogens with one attached hydrogen (secondary N) is 1. The van der Waals surface area contributed by atoms with E-state index in [1.807, 2.05) is 30.0 Å². The van der Waals surface area contributed by atoms with Crippen molar-refractivity contribution >= 4 is 11.8 Å². The Kier molecular flexibility index (Phi) is 6.81. The van der Waals surface area contributed by atoms with Gasteiger partial charge in [0.25, 0.3) is 0 Å². The predicted octanol–water partition coefficient (Wildman–Crippen LogP) is 3.61. The van der Waals surface area contributed by atoms with Crippen molar-refractivity contribution in [2.75, 3.05) is 19.6 Å². The van der Waals surface area contributed by atoms with Crippen LogP contribution in [-0.2, 0) is 16.0 Å². The molecule has 0 radical (unpaired) electrons. The fraction of sp³-hybridized carbons (Fsp3) is 0.375. The Bertz CT molecular complexity index is 855. The number of hydrogen-bond acceptors (Lipinski definition) is 3. The summed E-state index contributed by atoms with van der Waals surface area (Å²) in [5, 5.41) is 3.00. The van der Waals surface area contributed by atoms with Crippen LogP contribution in [0.1, 0.15) is 31.7 Å². The van der Waals surface area contributed by atoms with Crippen LogP contribution in [0.4, 0.5) is 0 Å². The van der Waals surface area contributed by atoms with E-state index in [9.17, 15) is 9.59 Å². The van der Waals surface area contributed by atoms with Crippen LogP contribution in [0.5, 0.6) is 0 Å². The lowest BCUT2D eigenvalue weighted by atomic mass is 9.72. The maximum Gasteiger partial charge on any atom is 0.226 e. The number of likely N-dealkylation sites (tertiary alicyclic amines) is 1. The highest BCUT2D eigenvalue weighted by Crippen LogP contribution is 2.36. The molecular weight excluding hydrogens is 362 g/mol. The first-order chi connectivity index (χ1) is 14.1. The van der Waals surface area contributed by atoms with Crippen molar-refractivity contribution in [1.29, 1.82) is 0 Å². The summed E-state index contributed by atoms with van der Waals surface area (Å²) in [6.07, 6.45) is 7.76. The zero-order valence-corrected chi connectivity index (χ0v) is 17.1. The molecule has 2 aromatic rings. The maximum absolute atomic E-state index is 13.1. The van der Waals surface area contributed by atoms with Gasteiger partial charge < -0.3 is 10.2 Å². The molecule has 0 spiro atoms. The lowest BCUT2D eigenvalue weighted by Gasteiger charge is -2.41. The van der Waals surface area contributed by atoms with Gasteiger partial charge in [0, 0.05) is 38.4 Å². The second-order valence-corrected chi connectivity index (χ2v) is 7.63. The fourth-order valence-electron chi connectivity index (χ4n) is 4.04. The van der Waals surface area contributed by atoms with Gasteiger partial charge in [-0.15, -0.1) is 6.58 Å². The zero-order chi connectivity index (χ0) is 20.7. The minimum Gasteiger partial charge on any atom is -0.352 e. The average molecular weight is 392 g/mol. The summed E-state index contributed by atoms with van der Waals surface area (Å²) in [6.45, 7) is 7.28. The van der Waals surface area contributed by atoms with E-state index < -0.39 is 5.41 Å². The molecule has 0 aliphatic carbocycles. The molecule has 1 fully saturated rings. The van der Waals surface area contributed by atoms with Crippen LogP contribution in [0.3, 0.4) is 0 Å². The minimum atomic E-state index is -0.510. The van der Waals surface area contributed by atoms with Crippen LogP contribution in [0.15, 0.2) is 61.4 Å². The van der Waals surface area contributed by atoms with Gasteiger partial charge in [-0.2, -0.15) is 0 Å². The second-order valence-electron chi connectivity index (χ2n) is 7.63. The molecule has 29 heavy (non-hydrogen) atoms. The predicted molar refractivity (Wildman–Crippen MR) is 115 cm³/mol. The van der Waals surface area contributed by atoms with Crippen molar-refractivity contribution in [3.8, 4) is 11.1 Å². The Morgan fingerprint density at radius 2 is 1.90 bits per heavy atom. The molecule has 0 bridgehead atoms. The molecule has 1 aliphatic heterocycles. The van der Waals surface area contributed by atoms with Crippen molar-refractivity contribution in [2.45, 2.75) is 32.6 Å². The first-order valence-electron chi connectivity index (χ1n) is 10.2. The maximum atomic E-state index is 13.1. The zero-order valence-electron chi connectivity index (χ0n) is 17.1. The molecule has 152 valence electrons. The van der Waals surface area contributed by atoms with Crippen LogP contribution in [0, 0.1) is 5.41 Å².